The van der Waals surface area contributed by atoms with Crippen LogP contribution in [0.25, 0.3) is 6.08 Å². The minimum Gasteiger partial charge on any atom is -0.348 e. The van der Waals surface area contributed by atoms with E-state index >= 15 is 0 Å². The van der Waals surface area contributed by atoms with Crippen LogP contribution in [0.1, 0.15) is 24.0 Å². The lowest BCUT2D eigenvalue weighted by molar-refractivity contribution is -0.117. The predicted molar refractivity (Wildman–Crippen MR) is 95.1 cm³/mol. The second-order valence-corrected chi connectivity index (χ2v) is 6.04. The van der Waals surface area contributed by atoms with Crippen LogP contribution in [0.5, 0.6) is 0 Å². The normalized spacial score (nSPS) is 13.6. The van der Waals surface area contributed by atoms with Crippen LogP contribution in [-0.4, -0.2) is 11.8 Å². The molecule has 2 aromatic rings. The first-order valence-corrected chi connectivity index (χ1v) is 8.22. The molecule has 5 heteroatoms. The van der Waals surface area contributed by atoms with Crippen LogP contribution in [0, 0.1) is 11.7 Å². The van der Waals surface area contributed by atoms with Crippen molar-refractivity contribution in [3.63, 3.8) is 0 Å². The molecule has 0 spiro atoms. The molecule has 0 bridgehead atoms. The van der Waals surface area contributed by atoms with Gasteiger partial charge < -0.3 is 10.6 Å². The molecule has 1 aliphatic carbocycles. The second kappa shape index (κ2) is 7.75. The Morgan fingerprint density at radius 2 is 1.92 bits per heavy atom. The first-order valence-electron chi connectivity index (χ1n) is 8.22. The number of anilines is 1. The second-order valence-electron chi connectivity index (χ2n) is 6.04. The van der Waals surface area contributed by atoms with Gasteiger partial charge in [-0.2, -0.15) is 0 Å². The van der Waals surface area contributed by atoms with Crippen molar-refractivity contribution in [1.29, 1.82) is 0 Å². The largest absolute Gasteiger partial charge is 0.348 e. The molecule has 0 unspecified atom stereocenters. The van der Waals surface area contributed by atoms with Gasteiger partial charge in [0.2, 0.25) is 11.8 Å². The summed E-state index contributed by atoms with van der Waals surface area (Å²) in [5, 5.41) is 5.62. The number of hydrogen-bond acceptors (Lipinski definition) is 2. The number of carbonyl (C=O) groups is 2. The quantitative estimate of drug-likeness (QED) is 0.792. The molecule has 0 heterocycles. The smallest absolute Gasteiger partial charge is 0.244 e. The number of halogens is 1. The molecule has 3 rings (SSSR count). The molecule has 1 aliphatic rings. The summed E-state index contributed by atoms with van der Waals surface area (Å²) in [6.45, 7) is 0.327. The van der Waals surface area contributed by atoms with Crippen molar-refractivity contribution in [2.45, 2.75) is 19.4 Å². The zero-order chi connectivity index (χ0) is 17.6. The summed E-state index contributed by atoms with van der Waals surface area (Å²) in [5.41, 5.74) is 1.97. The summed E-state index contributed by atoms with van der Waals surface area (Å²) in [6.07, 6.45) is 4.65. The molecule has 0 radical (unpaired) electrons. The molecule has 0 atom stereocenters. The first kappa shape index (κ1) is 16.9. The van der Waals surface area contributed by atoms with Gasteiger partial charge in [0, 0.05) is 29.8 Å². The summed E-state index contributed by atoms with van der Waals surface area (Å²) >= 11 is 0. The van der Waals surface area contributed by atoms with Gasteiger partial charge in [-0.1, -0.05) is 30.3 Å². The molecule has 0 aliphatic heterocycles. The summed E-state index contributed by atoms with van der Waals surface area (Å²) in [7, 11) is 0. The monoisotopic (exact) mass is 338 g/mol. The van der Waals surface area contributed by atoms with Crippen LogP contribution in [0.4, 0.5) is 10.1 Å². The highest BCUT2D eigenvalue weighted by atomic mass is 19.1. The van der Waals surface area contributed by atoms with E-state index in [1.165, 1.54) is 18.2 Å². The molecule has 2 N–H and O–H groups in total. The van der Waals surface area contributed by atoms with Gasteiger partial charge in [-0.3, -0.25) is 9.59 Å². The lowest BCUT2D eigenvalue weighted by Crippen LogP contribution is -2.20. The van der Waals surface area contributed by atoms with E-state index in [4.69, 9.17) is 0 Å². The first-order chi connectivity index (χ1) is 12.1. The van der Waals surface area contributed by atoms with E-state index in [9.17, 15) is 14.0 Å². The SMILES string of the molecule is O=C(/C=C/c1ccccc1F)NCc1cccc(NC(=O)C2CC2)c1. The molecule has 128 valence electrons. The molecule has 25 heavy (non-hydrogen) atoms. The fourth-order valence-corrected chi connectivity index (χ4v) is 2.37. The fourth-order valence-electron chi connectivity index (χ4n) is 2.37. The number of rotatable bonds is 6. The van der Waals surface area contributed by atoms with Crippen molar-refractivity contribution in [3.05, 3.63) is 71.6 Å². The van der Waals surface area contributed by atoms with Gasteiger partial charge in [-0.25, -0.2) is 4.39 Å². The van der Waals surface area contributed by atoms with Crippen molar-refractivity contribution >= 4 is 23.6 Å². The summed E-state index contributed by atoms with van der Waals surface area (Å²) in [5.74, 6) is -0.484. The highest BCUT2D eigenvalue weighted by molar-refractivity contribution is 5.94. The topological polar surface area (TPSA) is 58.2 Å². The third-order valence-electron chi connectivity index (χ3n) is 3.93. The van der Waals surface area contributed by atoms with E-state index < -0.39 is 0 Å². The Bertz CT molecular complexity index is 813. The Balaban J connectivity index is 1.53. The van der Waals surface area contributed by atoms with Crippen LogP contribution in [0.3, 0.4) is 0 Å². The third kappa shape index (κ3) is 5.01. The minimum atomic E-state index is -0.370. The maximum atomic E-state index is 13.5. The number of amides is 2. The van der Waals surface area contributed by atoms with Crippen molar-refractivity contribution < 1.29 is 14.0 Å². The van der Waals surface area contributed by atoms with Crippen molar-refractivity contribution in [3.8, 4) is 0 Å². The Hall–Kier alpha value is -2.95. The van der Waals surface area contributed by atoms with Crippen LogP contribution >= 0.6 is 0 Å². The maximum Gasteiger partial charge on any atom is 0.244 e. The zero-order valence-electron chi connectivity index (χ0n) is 13.7. The third-order valence-corrected chi connectivity index (χ3v) is 3.93. The van der Waals surface area contributed by atoms with Gasteiger partial charge in [-0.05, 0) is 42.7 Å². The molecule has 2 amide bonds. The van der Waals surface area contributed by atoms with E-state index in [-0.39, 0.29) is 23.5 Å². The molecule has 0 aromatic heterocycles. The van der Waals surface area contributed by atoms with Crippen molar-refractivity contribution in [2.75, 3.05) is 5.32 Å². The summed E-state index contributed by atoms with van der Waals surface area (Å²) in [6, 6.07) is 13.6. The van der Waals surface area contributed by atoms with Gasteiger partial charge in [0.05, 0.1) is 0 Å². The van der Waals surface area contributed by atoms with Crippen LogP contribution in [0.2, 0.25) is 0 Å². The Morgan fingerprint density at radius 1 is 1.12 bits per heavy atom. The summed E-state index contributed by atoms with van der Waals surface area (Å²) in [4.78, 5) is 23.7. The Morgan fingerprint density at radius 3 is 2.68 bits per heavy atom. The predicted octanol–water partition coefficient (Wildman–Crippen LogP) is 3.50. The average molecular weight is 338 g/mol. The van der Waals surface area contributed by atoms with Gasteiger partial charge in [0.15, 0.2) is 0 Å². The van der Waals surface area contributed by atoms with Crippen LogP contribution in [0.15, 0.2) is 54.6 Å². The van der Waals surface area contributed by atoms with Gasteiger partial charge in [0.1, 0.15) is 5.82 Å². The van der Waals surface area contributed by atoms with Crippen molar-refractivity contribution in [2.24, 2.45) is 5.92 Å². The van der Waals surface area contributed by atoms with Gasteiger partial charge in [-0.15, -0.1) is 0 Å². The minimum absolute atomic E-state index is 0.0500. The molecule has 1 fully saturated rings. The van der Waals surface area contributed by atoms with E-state index in [1.807, 2.05) is 24.3 Å². The Labute approximate surface area is 145 Å². The van der Waals surface area contributed by atoms with E-state index in [0.29, 0.717) is 12.1 Å². The van der Waals surface area contributed by atoms with Crippen LogP contribution in [-0.2, 0) is 16.1 Å². The average Bonchev–Trinajstić information content (AvgIpc) is 3.45. The highest BCUT2D eigenvalue weighted by Gasteiger charge is 2.29. The van der Waals surface area contributed by atoms with Gasteiger partial charge >= 0.3 is 0 Å². The highest BCUT2D eigenvalue weighted by Crippen LogP contribution is 2.30. The van der Waals surface area contributed by atoms with Gasteiger partial charge in [0.25, 0.3) is 0 Å². The van der Waals surface area contributed by atoms with E-state index in [2.05, 4.69) is 10.6 Å². The fraction of sp³-hybridized carbons (Fsp3) is 0.200. The zero-order valence-corrected chi connectivity index (χ0v) is 13.7. The molecule has 0 saturated heterocycles. The molecular formula is C20H19FN2O2. The lowest BCUT2D eigenvalue weighted by Gasteiger charge is -2.07. The number of carbonyl (C=O) groups excluding carboxylic acids is 2. The summed E-state index contributed by atoms with van der Waals surface area (Å²) < 4.78 is 13.5. The van der Waals surface area contributed by atoms with Crippen LogP contribution < -0.4 is 10.6 Å². The van der Waals surface area contributed by atoms with E-state index in [1.54, 1.807) is 18.2 Å². The standard InChI is InChI=1S/C20H19FN2O2/c21-18-7-2-1-5-15(18)10-11-19(24)22-13-14-4-3-6-17(12-14)23-20(25)16-8-9-16/h1-7,10-12,16H,8-9,13H2,(H,22,24)(H,23,25)/b11-10+. The molecule has 1 saturated carbocycles. The van der Waals surface area contributed by atoms with E-state index in [0.717, 1.165) is 24.1 Å². The molecular weight excluding hydrogens is 319 g/mol. The maximum absolute atomic E-state index is 13.5. The van der Waals surface area contributed by atoms with Crippen molar-refractivity contribution in [1.82, 2.24) is 5.32 Å². The lowest BCUT2D eigenvalue weighted by atomic mass is 10.2. The number of nitrogens with one attached hydrogen (secondary N) is 2. The molecule has 2 aromatic carbocycles. The number of hydrogen-bond donors (Lipinski definition) is 2. The Kier molecular flexibility index (Phi) is 5.23. The molecule has 4 nitrogen and oxygen atoms in total. The number of benzene rings is 2.